The van der Waals surface area contributed by atoms with Crippen LogP contribution in [0.25, 0.3) is 0 Å². The standard InChI is InChI=1S/C32H32O17S/c1-41-16-6-11(7-17(42-2)22(16)33)19-12-8-14-15(44-10-43-14)9-13(12)25(21-20(19)28(36)48-31(21,37)38)45-30-24(35)23(34)26-27(47-30)32(39,40)49-29(46-26)18-4-3-5-50-18/h3-9,19-21,23-27,29-30,33-35,37-40H,10H2,1-2H3. The molecule has 1 aliphatic carbocycles. The maximum absolute atomic E-state index is 13.6. The zero-order chi connectivity index (χ0) is 35.3. The molecule has 17 nitrogen and oxygen atoms in total. The Labute approximate surface area is 286 Å². The monoisotopic (exact) mass is 720 g/mol. The van der Waals surface area contributed by atoms with E-state index in [1.807, 2.05) is 0 Å². The minimum atomic E-state index is -3.15. The molecule has 0 amide bonds. The number of methoxy groups -OCH3 is 2. The van der Waals surface area contributed by atoms with Crippen LogP contribution in [0.1, 0.15) is 39.9 Å². The van der Waals surface area contributed by atoms with Crippen molar-refractivity contribution >= 4 is 17.3 Å². The fraction of sp³-hybridized carbons (Fsp3) is 0.469. The van der Waals surface area contributed by atoms with Crippen molar-refractivity contribution in [1.82, 2.24) is 0 Å². The lowest BCUT2D eigenvalue weighted by atomic mass is 9.65. The molecule has 0 radical (unpaired) electrons. The van der Waals surface area contributed by atoms with Crippen LogP contribution in [-0.4, -0.2) is 105 Å². The predicted octanol–water partition coefficient (Wildman–Crippen LogP) is 0.0297. The van der Waals surface area contributed by atoms with Gasteiger partial charge in [0.15, 0.2) is 41.7 Å². The average Bonchev–Trinajstić information content (AvgIpc) is 3.83. The van der Waals surface area contributed by atoms with Gasteiger partial charge in [-0.05, 0) is 52.4 Å². The van der Waals surface area contributed by atoms with Crippen LogP contribution in [0.3, 0.4) is 0 Å². The Hall–Kier alpha value is -3.79. The number of phenols is 1. The summed E-state index contributed by atoms with van der Waals surface area (Å²) in [5.74, 6) is -11.1. The number of ether oxygens (including phenoxy) is 9. The Kier molecular flexibility index (Phi) is 7.93. The second kappa shape index (κ2) is 11.9. The molecule has 10 unspecified atom stereocenters. The lowest BCUT2D eigenvalue weighted by Gasteiger charge is -2.51. The van der Waals surface area contributed by atoms with Crippen LogP contribution in [0.4, 0.5) is 0 Å². The smallest absolute Gasteiger partial charge is 0.331 e. The number of benzene rings is 2. The first-order valence-electron chi connectivity index (χ1n) is 15.4. The molecule has 1 aromatic heterocycles. The van der Waals surface area contributed by atoms with Gasteiger partial charge in [0.25, 0.3) is 0 Å². The molecule has 5 aliphatic rings. The highest BCUT2D eigenvalue weighted by atomic mass is 32.1. The first kappa shape index (κ1) is 33.4. The molecule has 0 saturated carbocycles. The summed E-state index contributed by atoms with van der Waals surface area (Å²) in [7, 11) is 2.64. The number of hydrogen-bond donors (Lipinski definition) is 7. The number of hydrogen-bond acceptors (Lipinski definition) is 18. The number of aliphatic hydroxyl groups is 6. The first-order chi connectivity index (χ1) is 23.8. The Bertz CT molecular complexity index is 1770. The fourth-order valence-electron chi connectivity index (χ4n) is 7.40. The van der Waals surface area contributed by atoms with Gasteiger partial charge in [-0.25, -0.2) is 0 Å². The molecule has 268 valence electrons. The molecule has 0 spiro atoms. The van der Waals surface area contributed by atoms with Gasteiger partial charge in [0.1, 0.15) is 18.3 Å². The van der Waals surface area contributed by atoms with Gasteiger partial charge in [-0.1, -0.05) is 6.07 Å². The molecular weight excluding hydrogens is 688 g/mol. The quantitative estimate of drug-likeness (QED) is 0.131. The van der Waals surface area contributed by atoms with Crippen molar-refractivity contribution in [2.75, 3.05) is 21.0 Å². The highest BCUT2D eigenvalue weighted by Gasteiger charge is 2.66. The van der Waals surface area contributed by atoms with E-state index < -0.39 is 78.8 Å². The highest BCUT2D eigenvalue weighted by Crippen LogP contribution is 2.60. The second-order valence-electron chi connectivity index (χ2n) is 12.4. The molecule has 3 aromatic rings. The average molecular weight is 721 g/mol. The minimum absolute atomic E-state index is 0.000751. The molecule has 8 rings (SSSR count). The summed E-state index contributed by atoms with van der Waals surface area (Å²) in [5.41, 5.74) is 0.905. The van der Waals surface area contributed by atoms with Crippen LogP contribution in [0.5, 0.6) is 28.7 Å². The molecule has 0 bridgehead atoms. The molecular formula is C32H32O17S. The van der Waals surface area contributed by atoms with Crippen molar-refractivity contribution in [3.63, 3.8) is 0 Å². The molecule has 10 atom stereocenters. The van der Waals surface area contributed by atoms with E-state index >= 15 is 0 Å². The number of phenolic OH excluding ortho intramolecular Hbond substituents is 1. The van der Waals surface area contributed by atoms with E-state index in [4.69, 9.17) is 42.6 Å². The third kappa shape index (κ3) is 5.10. The molecule has 3 saturated heterocycles. The topological polar surface area (TPSA) is 242 Å². The van der Waals surface area contributed by atoms with E-state index in [0.29, 0.717) is 21.8 Å². The van der Waals surface area contributed by atoms with Crippen molar-refractivity contribution in [3.05, 3.63) is 63.3 Å². The van der Waals surface area contributed by atoms with E-state index in [-0.39, 0.29) is 35.4 Å². The zero-order valence-corrected chi connectivity index (χ0v) is 27.0. The van der Waals surface area contributed by atoms with Gasteiger partial charge in [-0.2, -0.15) is 0 Å². The number of aliphatic hydroxyl groups excluding tert-OH is 2. The lowest BCUT2D eigenvalue weighted by Crippen LogP contribution is -2.69. The number of cyclic esters (lactones) is 1. The molecule has 18 heteroatoms. The molecule has 7 N–H and O–H groups in total. The van der Waals surface area contributed by atoms with Gasteiger partial charge in [-0.15, -0.1) is 11.3 Å². The molecule has 5 heterocycles. The Morgan fingerprint density at radius 3 is 2.22 bits per heavy atom. The third-order valence-corrected chi connectivity index (χ3v) is 10.5. The van der Waals surface area contributed by atoms with E-state index in [0.717, 1.165) is 0 Å². The van der Waals surface area contributed by atoms with Crippen molar-refractivity contribution < 1.29 is 83.2 Å². The van der Waals surface area contributed by atoms with Crippen molar-refractivity contribution in [3.8, 4) is 28.7 Å². The van der Waals surface area contributed by atoms with Crippen LogP contribution >= 0.6 is 11.3 Å². The number of carbonyl (C=O) groups excluding carboxylic acids is 1. The number of carbonyl (C=O) groups is 1. The summed E-state index contributed by atoms with van der Waals surface area (Å²) in [6.45, 7) is -0.143. The van der Waals surface area contributed by atoms with Crippen LogP contribution in [-0.2, 0) is 28.5 Å². The Morgan fingerprint density at radius 1 is 0.900 bits per heavy atom. The minimum Gasteiger partial charge on any atom is -0.502 e. The van der Waals surface area contributed by atoms with E-state index in [1.165, 1.54) is 43.8 Å². The van der Waals surface area contributed by atoms with Crippen LogP contribution in [0, 0.1) is 11.8 Å². The Morgan fingerprint density at radius 2 is 1.58 bits per heavy atom. The normalized spacial score (nSPS) is 34.7. The van der Waals surface area contributed by atoms with Crippen molar-refractivity contribution in [2.24, 2.45) is 11.8 Å². The number of thiophene rings is 1. The summed E-state index contributed by atoms with van der Waals surface area (Å²) >= 11 is 1.20. The van der Waals surface area contributed by atoms with Gasteiger partial charge in [0.05, 0.1) is 37.0 Å². The maximum atomic E-state index is 13.6. The maximum Gasteiger partial charge on any atom is 0.331 e. The van der Waals surface area contributed by atoms with E-state index in [9.17, 15) is 40.5 Å². The molecule has 2 aromatic carbocycles. The number of aromatic hydroxyl groups is 1. The van der Waals surface area contributed by atoms with E-state index in [1.54, 1.807) is 23.6 Å². The first-order valence-corrected chi connectivity index (χ1v) is 16.2. The zero-order valence-electron chi connectivity index (χ0n) is 26.1. The van der Waals surface area contributed by atoms with Crippen molar-refractivity contribution in [2.45, 2.75) is 61.0 Å². The predicted molar refractivity (Wildman–Crippen MR) is 161 cm³/mol. The third-order valence-electron chi connectivity index (χ3n) is 9.64. The molecule has 4 aliphatic heterocycles. The van der Waals surface area contributed by atoms with Crippen LogP contribution in [0.2, 0.25) is 0 Å². The summed E-state index contributed by atoms with van der Waals surface area (Å²) in [6.07, 6.45) is -11.9. The SMILES string of the molecule is COc1cc(C2c3cc4c(cc3C(OC3OC5C(OC(c6cccs6)OC5(O)O)C(O)C3O)C3C2C(=O)OC3(O)O)OCO4)cc(OC)c1O. The number of fused-ring (bicyclic) bond motifs is 4. The highest BCUT2D eigenvalue weighted by molar-refractivity contribution is 7.10. The Balaban J connectivity index is 1.22. The summed E-state index contributed by atoms with van der Waals surface area (Å²) in [6, 6.07) is 9.28. The number of esters is 1. The van der Waals surface area contributed by atoms with Gasteiger partial charge in [0.2, 0.25) is 12.5 Å². The van der Waals surface area contributed by atoms with Gasteiger partial charge >= 0.3 is 17.9 Å². The lowest BCUT2D eigenvalue weighted by molar-refractivity contribution is -0.503. The van der Waals surface area contributed by atoms with Crippen LogP contribution in [0.15, 0.2) is 41.8 Å². The van der Waals surface area contributed by atoms with Gasteiger partial charge < -0.3 is 73.6 Å². The fourth-order valence-corrected chi connectivity index (χ4v) is 8.09. The van der Waals surface area contributed by atoms with Gasteiger partial charge in [-0.3, -0.25) is 9.53 Å². The van der Waals surface area contributed by atoms with Crippen molar-refractivity contribution in [1.29, 1.82) is 0 Å². The summed E-state index contributed by atoms with van der Waals surface area (Å²) in [5, 5.41) is 79.1. The van der Waals surface area contributed by atoms with Crippen LogP contribution < -0.4 is 18.9 Å². The molecule has 3 fully saturated rings. The summed E-state index contributed by atoms with van der Waals surface area (Å²) in [4.78, 5) is 14.0. The van der Waals surface area contributed by atoms with E-state index in [2.05, 4.69) is 0 Å². The number of rotatable bonds is 6. The largest absolute Gasteiger partial charge is 0.502 e. The van der Waals surface area contributed by atoms with Gasteiger partial charge in [0, 0.05) is 5.92 Å². The summed E-state index contributed by atoms with van der Waals surface area (Å²) < 4.78 is 50.2. The second-order valence-corrected chi connectivity index (χ2v) is 13.4. The molecule has 50 heavy (non-hydrogen) atoms.